The molecule has 0 bridgehead atoms. The van der Waals surface area contributed by atoms with Gasteiger partial charge in [0.15, 0.2) is 0 Å². The van der Waals surface area contributed by atoms with E-state index in [4.69, 9.17) is 4.74 Å². The van der Waals surface area contributed by atoms with Crippen LogP contribution in [0.2, 0.25) is 0 Å². The number of benzene rings is 2. The van der Waals surface area contributed by atoms with Gasteiger partial charge in [0, 0.05) is 17.6 Å². The van der Waals surface area contributed by atoms with E-state index in [1.54, 1.807) is 25.1 Å². The van der Waals surface area contributed by atoms with Crippen LogP contribution in [0.5, 0.6) is 0 Å². The smallest absolute Gasteiger partial charge is 0.310 e. The fourth-order valence-corrected chi connectivity index (χ4v) is 3.73. The quantitative estimate of drug-likeness (QED) is 0.770. The zero-order valence-corrected chi connectivity index (χ0v) is 16.6. The van der Waals surface area contributed by atoms with E-state index < -0.39 is 21.8 Å². The molecule has 1 N–H and O–H groups in total. The van der Waals surface area contributed by atoms with Crippen molar-refractivity contribution < 1.29 is 22.3 Å². The molecule has 3 rings (SSSR count). The zero-order chi connectivity index (χ0) is 20.5. The third-order valence-electron chi connectivity index (χ3n) is 4.54. The van der Waals surface area contributed by atoms with Crippen LogP contribution >= 0.6 is 0 Å². The lowest BCUT2D eigenvalue weighted by atomic mass is 10.0. The molecule has 0 fully saturated rings. The summed E-state index contributed by atoms with van der Waals surface area (Å²) in [5, 5.41) is 0. The van der Waals surface area contributed by atoms with Gasteiger partial charge in [0.2, 0.25) is 10.0 Å². The summed E-state index contributed by atoms with van der Waals surface area (Å²) in [4.78, 5) is 12.0. The number of carbonyl (C=O) groups excluding carboxylic acids is 1. The van der Waals surface area contributed by atoms with E-state index in [1.165, 1.54) is 31.3 Å². The highest BCUT2D eigenvalue weighted by atomic mass is 32.2. The molecular weight excluding hydrogens is 381 g/mol. The second kappa shape index (κ2) is 7.69. The zero-order valence-electron chi connectivity index (χ0n) is 15.7. The Bertz CT molecular complexity index is 1100. The van der Waals surface area contributed by atoms with E-state index in [1.807, 2.05) is 13.0 Å². The van der Waals surface area contributed by atoms with Crippen molar-refractivity contribution in [1.29, 1.82) is 0 Å². The molecule has 0 radical (unpaired) electrons. The van der Waals surface area contributed by atoms with E-state index in [9.17, 15) is 17.6 Å². The van der Waals surface area contributed by atoms with E-state index in [0.717, 1.165) is 16.7 Å². The van der Waals surface area contributed by atoms with Gasteiger partial charge in [0.1, 0.15) is 11.6 Å². The normalized spacial score (nSPS) is 15.1. The van der Waals surface area contributed by atoms with Crippen molar-refractivity contribution in [1.82, 2.24) is 4.72 Å². The Kier molecular flexibility index (Phi) is 5.49. The lowest BCUT2D eigenvalue weighted by Gasteiger charge is -2.06. The molecule has 0 atom stereocenters. The predicted molar refractivity (Wildman–Crippen MR) is 106 cm³/mol. The minimum atomic E-state index is -3.51. The highest BCUT2D eigenvalue weighted by molar-refractivity contribution is 7.89. The number of nitrogens with one attached hydrogen (secondary N) is 1. The van der Waals surface area contributed by atoms with E-state index in [-0.39, 0.29) is 11.3 Å². The van der Waals surface area contributed by atoms with Crippen LogP contribution in [0.25, 0.3) is 17.4 Å². The first-order valence-electron chi connectivity index (χ1n) is 8.74. The summed E-state index contributed by atoms with van der Waals surface area (Å²) in [6, 6.07) is 10.7. The van der Waals surface area contributed by atoms with Crippen molar-refractivity contribution in [3.63, 3.8) is 0 Å². The minimum absolute atomic E-state index is 0.163. The third kappa shape index (κ3) is 3.76. The Labute approximate surface area is 163 Å². The highest BCUT2D eigenvalue weighted by Gasteiger charge is 2.27. The summed E-state index contributed by atoms with van der Waals surface area (Å²) in [5.74, 6) is -0.464. The topological polar surface area (TPSA) is 72.5 Å². The van der Waals surface area contributed by atoms with Crippen molar-refractivity contribution in [2.24, 2.45) is 0 Å². The largest absolute Gasteiger partial charge is 0.426 e. The van der Waals surface area contributed by atoms with Gasteiger partial charge < -0.3 is 4.74 Å². The van der Waals surface area contributed by atoms with Crippen molar-refractivity contribution in [3.05, 3.63) is 70.5 Å². The molecule has 0 unspecified atom stereocenters. The molecule has 0 aromatic heterocycles. The first-order valence-corrected chi connectivity index (χ1v) is 10.2. The minimum Gasteiger partial charge on any atom is -0.426 e. The van der Waals surface area contributed by atoms with Crippen LogP contribution in [0, 0.1) is 5.82 Å². The monoisotopic (exact) mass is 401 g/mol. The molecule has 5 nitrogen and oxygen atoms in total. The van der Waals surface area contributed by atoms with Gasteiger partial charge in [-0.25, -0.2) is 17.5 Å². The number of carbonyl (C=O) groups is 1. The molecule has 0 saturated carbocycles. The highest BCUT2D eigenvalue weighted by Crippen LogP contribution is 2.43. The summed E-state index contributed by atoms with van der Waals surface area (Å²) >= 11 is 0. The molecule has 0 amide bonds. The van der Waals surface area contributed by atoms with Crippen LogP contribution in [0.15, 0.2) is 52.9 Å². The maximum atomic E-state index is 13.8. The summed E-state index contributed by atoms with van der Waals surface area (Å²) in [7, 11) is -2.16. The molecule has 1 aliphatic rings. The van der Waals surface area contributed by atoms with Crippen LogP contribution in [0.1, 0.15) is 37.0 Å². The van der Waals surface area contributed by atoms with Crippen molar-refractivity contribution in [3.8, 4) is 0 Å². The molecule has 7 heteroatoms. The van der Waals surface area contributed by atoms with Crippen LogP contribution in [0.4, 0.5) is 4.39 Å². The van der Waals surface area contributed by atoms with E-state index in [0.29, 0.717) is 16.9 Å². The molecule has 2 aromatic carbocycles. The number of hydrogen-bond acceptors (Lipinski definition) is 4. The molecule has 0 aliphatic heterocycles. The lowest BCUT2D eigenvalue weighted by Crippen LogP contribution is -2.18. The number of hydrogen-bond donors (Lipinski definition) is 1. The lowest BCUT2D eigenvalue weighted by molar-refractivity contribution is -0.136. The standard InChI is InChI=1S/C21H20FNO4S/c1-4-20(24)27-21-13(2)18(17-10-7-15(22)12-19(17)21)11-14-5-8-16(9-6-14)28(25,26)23-3/h5-12,23H,4H2,1-3H3. The summed E-state index contributed by atoms with van der Waals surface area (Å²) in [6.45, 7) is 3.50. The first kappa shape index (κ1) is 20.0. The second-order valence-electron chi connectivity index (χ2n) is 6.31. The van der Waals surface area contributed by atoms with Crippen molar-refractivity contribution >= 4 is 33.4 Å². The molecule has 0 spiro atoms. The summed E-state index contributed by atoms with van der Waals surface area (Å²) < 4.78 is 45.2. The maximum absolute atomic E-state index is 13.8. The van der Waals surface area contributed by atoms with Gasteiger partial charge in [0.05, 0.1) is 4.90 Å². The Morgan fingerprint density at radius 1 is 1.14 bits per heavy atom. The van der Waals surface area contributed by atoms with Crippen molar-refractivity contribution in [2.45, 2.75) is 25.2 Å². The Morgan fingerprint density at radius 3 is 2.43 bits per heavy atom. The molecule has 0 heterocycles. The number of sulfonamides is 1. The van der Waals surface area contributed by atoms with E-state index in [2.05, 4.69) is 4.72 Å². The van der Waals surface area contributed by atoms with Crippen LogP contribution < -0.4 is 4.72 Å². The Hall–Kier alpha value is -2.77. The molecular formula is C21H20FNO4S. The van der Waals surface area contributed by atoms with Crippen LogP contribution in [0.3, 0.4) is 0 Å². The molecule has 28 heavy (non-hydrogen) atoms. The fraction of sp³-hybridized carbons (Fsp3) is 0.190. The average molecular weight is 401 g/mol. The molecule has 1 aliphatic carbocycles. The Morgan fingerprint density at radius 2 is 1.82 bits per heavy atom. The summed E-state index contributed by atoms with van der Waals surface area (Å²) in [5.41, 5.74) is 3.56. The SMILES string of the molecule is CCC(=O)OC1=C(C)C(=Cc2ccc(S(=O)(=O)NC)cc2)c2ccc(F)cc21. The number of fused-ring (bicyclic) bond motifs is 1. The first-order chi connectivity index (χ1) is 13.3. The molecule has 146 valence electrons. The van der Waals surface area contributed by atoms with Gasteiger partial charge in [-0.1, -0.05) is 25.1 Å². The maximum Gasteiger partial charge on any atom is 0.310 e. The van der Waals surface area contributed by atoms with Gasteiger partial charge in [-0.05, 0) is 61.0 Å². The molecule has 2 aromatic rings. The van der Waals surface area contributed by atoms with Gasteiger partial charge >= 0.3 is 5.97 Å². The van der Waals surface area contributed by atoms with Gasteiger partial charge in [-0.3, -0.25) is 4.79 Å². The number of halogens is 1. The third-order valence-corrected chi connectivity index (χ3v) is 5.97. The summed E-state index contributed by atoms with van der Waals surface area (Å²) in [6.07, 6.45) is 2.07. The van der Waals surface area contributed by atoms with E-state index >= 15 is 0 Å². The van der Waals surface area contributed by atoms with Crippen LogP contribution in [-0.2, 0) is 19.6 Å². The number of rotatable bonds is 5. The fourth-order valence-electron chi connectivity index (χ4n) is 3.00. The Balaban J connectivity index is 2.07. The number of ether oxygens (including phenoxy) is 1. The number of allylic oxidation sites excluding steroid dienone is 2. The average Bonchev–Trinajstić information content (AvgIpc) is 2.93. The number of esters is 1. The van der Waals surface area contributed by atoms with Gasteiger partial charge in [0.25, 0.3) is 0 Å². The van der Waals surface area contributed by atoms with Crippen LogP contribution in [-0.4, -0.2) is 21.4 Å². The van der Waals surface area contributed by atoms with Crippen molar-refractivity contribution in [2.75, 3.05) is 7.05 Å². The molecule has 0 saturated heterocycles. The van der Waals surface area contributed by atoms with Gasteiger partial charge in [-0.2, -0.15) is 0 Å². The van der Waals surface area contributed by atoms with Gasteiger partial charge in [-0.15, -0.1) is 0 Å². The second-order valence-corrected chi connectivity index (χ2v) is 8.19. The predicted octanol–water partition coefficient (Wildman–Crippen LogP) is 3.97.